The van der Waals surface area contributed by atoms with Crippen molar-refractivity contribution in [2.45, 2.75) is 19.9 Å². The van der Waals surface area contributed by atoms with Crippen molar-refractivity contribution in [2.24, 2.45) is 0 Å². The summed E-state index contributed by atoms with van der Waals surface area (Å²) in [5.41, 5.74) is 1.04. The molecule has 3 nitrogen and oxygen atoms in total. The molecule has 0 radical (unpaired) electrons. The van der Waals surface area contributed by atoms with Gasteiger partial charge in [0, 0.05) is 30.9 Å². The number of para-hydroxylation sites is 1. The van der Waals surface area contributed by atoms with Gasteiger partial charge in [-0.05, 0) is 13.0 Å². The van der Waals surface area contributed by atoms with Crippen molar-refractivity contribution in [3.05, 3.63) is 29.8 Å². The summed E-state index contributed by atoms with van der Waals surface area (Å²) < 4.78 is 5.53. The lowest BCUT2D eigenvalue weighted by atomic mass is 10.2. The van der Waals surface area contributed by atoms with Gasteiger partial charge in [0.25, 0.3) is 0 Å². The van der Waals surface area contributed by atoms with Crippen molar-refractivity contribution >= 4 is 21.8 Å². The van der Waals surface area contributed by atoms with Crippen LogP contribution in [0.1, 0.15) is 18.9 Å². The molecular formula is C13H18BrNO2. The number of benzene rings is 1. The van der Waals surface area contributed by atoms with E-state index in [0.717, 1.165) is 11.3 Å². The molecule has 94 valence electrons. The largest absolute Gasteiger partial charge is 0.494 e. The highest BCUT2D eigenvalue weighted by atomic mass is 79.9. The van der Waals surface area contributed by atoms with E-state index in [1.807, 2.05) is 38.2 Å². The highest BCUT2D eigenvalue weighted by Gasteiger charge is 2.10. The second-order valence-corrected chi connectivity index (χ2v) is 4.52. The number of carbonyl (C=O) groups excluding carboxylic acids is 1. The molecule has 1 aromatic rings. The van der Waals surface area contributed by atoms with Crippen molar-refractivity contribution in [3.63, 3.8) is 0 Å². The van der Waals surface area contributed by atoms with E-state index in [2.05, 4.69) is 15.9 Å². The number of amides is 1. The normalized spacial score (nSPS) is 10.1. The summed E-state index contributed by atoms with van der Waals surface area (Å²) in [4.78, 5) is 13.4. The molecule has 0 atom stereocenters. The maximum atomic E-state index is 11.7. The Morgan fingerprint density at radius 3 is 2.76 bits per heavy atom. The molecule has 0 aromatic heterocycles. The number of carbonyl (C=O) groups is 1. The SMILES string of the molecule is CCOc1ccccc1CN(C)C(=O)CCBr. The second kappa shape index (κ2) is 7.33. The smallest absolute Gasteiger partial charge is 0.223 e. The molecule has 0 spiro atoms. The Morgan fingerprint density at radius 1 is 1.41 bits per heavy atom. The summed E-state index contributed by atoms with van der Waals surface area (Å²) >= 11 is 3.27. The van der Waals surface area contributed by atoms with Gasteiger partial charge < -0.3 is 9.64 Å². The number of ether oxygens (including phenoxy) is 1. The molecule has 17 heavy (non-hydrogen) atoms. The quantitative estimate of drug-likeness (QED) is 0.756. The van der Waals surface area contributed by atoms with Gasteiger partial charge >= 0.3 is 0 Å². The van der Waals surface area contributed by atoms with E-state index in [4.69, 9.17) is 4.74 Å². The predicted molar refractivity (Wildman–Crippen MR) is 72.5 cm³/mol. The Hall–Kier alpha value is -1.03. The number of halogens is 1. The van der Waals surface area contributed by atoms with Gasteiger partial charge in [-0.1, -0.05) is 34.1 Å². The summed E-state index contributed by atoms with van der Waals surface area (Å²) in [6.07, 6.45) is 0.521. The van der Waals surface area contributed by atoms with Crippen LogP contribution in [0.4, 0.5) is 0 Å². The lowest BCUT2D eigenvalue weighted by Crippen LogP contribution is -2.26. The fourth-order valence-corrected chi connectivity index (χ4v) is 1.89. The van der Waals surface area contributed by atoms with Crippen molar-refractivity contribution in [3.8, 4) is 5.75 Å². The van der Waals surface area contributed by atoms with E-state index in [0.29, 0.717) is 24.9 Å². The van der Waals surface area contributed by atoms with Crippen LogP contribution in [0.5, 0.6) is 5.75 Å². The Morgan fingerprint density at radius 2 is 2.12 bits per heavy atom. The highest BCUT2D eigenvalue weighted by molar-refractivity contribution is 9.09. The number of alkyl halides is 1. The van der Waals surface area contributed by atoms with E-state index < -0.39 is 0 Å². The van der Waals surface area contributed by atoms with E-state index in [9.17, 15) is 4.79 Å². The predicted octanol–water partition coefficient (Wildman–Crippen LogP) is 2.83. The number of hydrogen-bond donors (Lipinski definition) is 0. The van der Waals surface area contributed by atoms with Crippen LogP contribution in [0.3, 0.4) is 0 Å². The fourth-order valence-electron chi connectivity index (χ4n) is 1.55. The molecule has 1 amide bonds. The average Bonchev–Trinajstić information content (AvgIpc) is 2.32. The molecule has 1 aromatic carbocycles. The summed E-state index contributed by atoms with van der Waals surface area (Å²) in [6.45, 7) is 3.18. The summed E-state index contributed by atoms with van der Waals surface area (Å²) in [5.74, 6) is 0.988. The molecule has 0 fully saturated rings. The van der Waals surface area contributed by atoms with Crippen LogP contribution in [0, 0.1) is 0 Å². The Kier molecular flexibility index (Phi) is 6.05. The number of rotatable bonds is 6. The molecule has 0 aliphatic rings. The highest BCUT2D eigenvalue weighted by Crippen LogP contribution is 2.19. The third-order valence-electron chi connectivity index (χ3n) is 2.41. The van der Waals surface area contributed by atoms with Crippen molar-refractivity contribution < 1.29 is 9.53 Å². The van der Waals surface area contributed by atoms with Crippen LogP contribution in [0.15, 0.2) is 24.3 Å². The molecule has 0 bridgehead atoms. The number of nitrogens with zero attached hydrogens (tertiary/aromatic N) is 1. The van der Waals surface area contributed by atoms with E-state index >= 15 is 0 Å². The molecule has 0 saturated carbocycles. The number of hydrogen-bond acceptors (Lipinski definition) is 2. The fraction of sp³-hybridized carbons (Fsp3) is 0.462. The van der Waals surface area contributed by atoms with Gasteiger partial charge in [-0.15, -0.1) is 0 Å². The van der Waals surface area contributed by atoms with Gasteiger partial charge in [0.1, 0.15) is 5.75 Å². The van der Waals surface area contributed by atoms with Gasteiger partial charge in [-0.25, -0.2) is 0 Å². The van der Waals surface area contributed by atoms with E-state index in [-0.39, 0.29) is 5.91 Å². The van der Waals surface area contributed by atoms with Crippen LogP contribution in [-0.2, 0) is 11.3 Å². The summed E-state index contributed by atoms with van der Waals surface area (Å²) in [6, 6.07) is 7.82. The van der Waals surface area contributed by atoms with Gasteiger partial charge in [0.2, 0.25) is 5.91 Å². The second-order valence-electron chi connectivity index (χ2n) is 3.73. The van der Waals surface area contributed by atoms with Crippen LogP contribution in [0.2, 0.25) is 0 Å². The van der Waals surface area contributed by atoms with E-state index in [1.165, 1.54) is 0 Å². The van der Waals surface area contributed by atoms with Crippen molar-refractivity contribution in [1.29, 1.82) is 0 Å². The molecule has 0 saturated heterocycles. The van der Waals surface area contributed by atoms with Gasteiger partial charge in [-0.2, -0.15) is 0 Å². The van der Waals surface area contributed by atoms with Gasteiger partial charge in [0.05, 0.1) is 6.61 Å². The average molecular weight is 300 g/mol. The molecular weight excluding hydrogens is 282 g/mol. The zero-order valence-corrected chi connectivity index (χ0v) is 11.9. The molecule has 1 rings (SSSR count). The van der Waals surface area contributed by atoms with Crippen molar-refractivity contribution in [1.82, 2.24) is 4.90 Å². The van der Waals surface area contributed by atoms with Crippen LogP contribution >= 0.6 is 15.9 Å². The Labute approximate surface area is 111 Å². The maximum absolute atomic E-state index is 11.7. The van der Waals surface area contributed by atoms with Crippen LogP contribution in [0.25, 0.3) is 0 Å². The van der Waals surface area contributed by atoms with Crippen LogP contribution in [-0.4, -0.2) is 29.8 Å². The first kappa shape index (κ1) is 14.0. The first-order valence-corrected chi connectivity index (χ1v) is 6.81. The first-order chi connectivity index (χ1) is 8.19. The monoisotopic (exact) mass is 299 g/mol. The summed E-state index contributed by atoms with van der Waals surface area (Å²) in [7, 11) is 1.81. The maximum Gasteiger partial charge on any atom is 0.223 e. The van der Waals surface area contributed by atoms with Crippen LogP contribution < -0.4 is 4.74 Å². The summed E-state index contributed by atoms with van der Waals surface area (Å²) in [5, 5.41) is 0.698. The molecule has 0 aliphatic heterocycles. The minimum Gasteiger partial charge on any atom is -0.494 e. The zero-order chi connectivity index (χ0) is 12.7. The standard InChI is InChI=1S/C13H18BrNO2/c1-3-17-12-7-5-4-6-11(12)10-15(2)13(16)8-9-14/h4-7H,3,8-10H2,1-2H3. The third kappa shape index (κ3) is 4.38. The minimum absolute atomic E-state index is 0.133. The molecule has 0 aliphatic carbocycles. The first-order valence-electron chi connectivity index (χ1n) is 5.69. The minimum atomic E-state index is 0.133. The molecule has 0 heterocycles. The van der Waals surface area contributed by atoms with E-state index in [1.54, 1.807) is 4.90 Å². The lowest BCUT2D eigenvalue weighted by molar-refractivity contribution is -0.129. The third-order valence-corrected chi connectivity index (χ3v) is 2.81. The molecule has 0 N–H and O–H groups in total. The molecule has 4 heteroatoms. The van der Waals surface area contributed by atoms with Gasteiger partial charge in [0.15, 0.2) is 0 Å². The van der Waals surface area contributed by atoms with Gasteiger partial charge in [-0.3, -0.25) is 4.79 Å². The topological polar surface area (TPSA) is 29.5 Å². The lowest BCUT2D eigenvalue weighted by Gasteiger charge is -2.18. The Bertz CT molecular complexity index is 368. The zero-order valence-electron chi connectivity index (χ0n) is 10.3. The van der Waals surface area contributed by atoms with Crippen molar-refractivity contribution in [2.75, 3.05) is 19.0 Å². The Balaban J connectivity index is 2.70. The molecule has 0 unspecified atom stereocenters.